The molecule has 2 aliphatic rings. The molecule has 5 heteroatoms. The summed E-state index contributed by atoms with van der Waals surface area (Å²) >= 11 is 6.19. The Morgan fingerprint density at radius 1 is 1.17 bits per heavy atom. The van der Waals surface area contributed by atoms with Gasteiger partial charge >= 0.3 is 0 Å². The summed E-state index contributed by atoms with van der Waals surface area (Å²) < 4.78 is 5.77. The van der Waals surface area contributed by atoms with Gasteiger partial charge < -0.3 is 15.1 Å². The molecule has 2 aromatic rings. The van der Waals surface area contributed by atoms with Gasteiger partial charge in [0.05, 0.1) is 5.02 Å². The predicted molar refractivity (Wildman–Crippen MR) is 89.2 cm³/mol. The summed E-state index contributed by atoms with van der Waals surface area (Å²) in [6.07, 6.45) is 2.20. The molecule has 1 aromatic carbocycles. The number of furan rings is 1. The monoisotopic (exact) mass is 330 g/mol. The van der Waals surface area contributed by atoms with Crippen LogP contribution in [0, 0.1) is 11.8 Å². The van der Waals surface area contributed by atoms with E-state index in [1.807, 2.05) is 29.2 Å². The molecule has 0 radical (unpaired) electrons. The van der Waals surface area contributed by atoms with Crippen molar-refractivity contribution in [1.82, 2.24) is 4.90 Å². The summed E-state index contributed by atoms with van der Waals surface area (Å²) in [6.45, 7) is 1.53. The minimum absolute atomic E-state index is 0.0510. The highest BCUT2D eigenvalue weighted by Crippen LogP contribution is 2.38. The summed E-state index contributed by atoms with van der Waals surface area (Å²) in [5, 5.41) is 0.613. The Bertz CT molecular complexity index is 742. The molecule has 23 heavy (non-hydrogen) atoms. The van der Waals surface area contributed by atoms with Gasteiger partial charge in [-0.1, -0.05) is 23.7 Å². The molecule has 4 nitrogen and oxygen atoms in total. The maximum atomic E-state index is 12.7. The molecule has 3 unspecified atom stereocenters. The lowest BCUT2D eigenvalue weighted by molar-refractivity contribution is 0.0749. The van der Waals surface area contributed by atoms with Crippen LogP contribution in [-0.2, 0) is 0 Å². The third-order valence-corrected chi connectivity index (χ3v) is 5.49. The van der Waals surface area contributed by atoms with E-state index < -0.39 is 0 Å². The summed E-state index contributed by atoms with van der Waals surface area (Å²) in [5.41, 5.74) is 6.94. The minimum Gasteiger partial charge on any atom is -0.451 e. The van der Waals surface area contributed by atoms with Gasteiger partial charge in [-0.3, -0.25) is 4.79 Å². The van der Waals surface area contributed by atoms with Crippen molar-refractivity contribution in [2.75, 3.05) is 13.1 Å². The highest BCUT2D eigenvalue weighted by atomic mass is 35.5. The smallest absolute Gasteiger partial charge is 0.289 e. The first kappa shape index (κ1) is 14.8. The number of nitrogens with two attached hydrogens (primary N) is 1. The Balaban J connectivity index is 1.53. The van der Waals surface area contributed by atoms with Gasteiger partial charge in [0, 0.05) is 24.7 Å². The third kappa shape index (κ3) is 2.56. The fourth-order valence-electron chi connectivity index (χ4n) is 3.89. The van der Waals surface area contributed by atoms with E-state index in [2.05, 4.69) is 0 Å². The zero-order chi connectivity index (χ0) is 16.0. The molecule has 1 saturated heterocycles. The first-order chi connectivity index (χ1) is 11.1. The van der Waals surface area contributed by atoms with Crippen molar-refractivity contribution in [2.45, 2.75) is 18.9 Å². The van der Waals surface area contributed by atoms with E-state index in [0.29, 0.717) is 28.4 Å². The van der Waals surface area contributed by atoms with E-state index in [-0.39, 0.29) is 11.9 Å². The van der Waals surface area contributed by atoms with Gasteiger partial charge in [0.25, 0.3) is 5.91 Å². The van der Waals surface area contributed by atoms with Crippen LogP contribution in [0.2, 0.25) is 5.02 Å². The van der Waals surface area contributed by atoms with Gasteiger partial charge in [0.1, 0.15) is 5.76 Å². The van der Waals surface area contributed by atoms with E-state index in [4.69, 9.17) is 21.8 Å². The quantitative estimate of drug-likeness (QED) is 0.918. The van der Waals surface area contributed by atoms with E-state index in [0.717, 1.165) is 31.5 Å². The van der Waals surface area contributed by atoms with E-state index in [9.17, 15) is 4.79 Å². The highest BCUT2D eigenvalue weighted by Gasteiger charge is 2.43. The molecule has 1 saturated carbocycles. The fourth-order valence-corrected chi connectivity index (χ4v) is 4.12. The van der Waals surface area contributed by atoms with Gasteiger partial charge in [0.15, 0.2) is 5.76 Å². The van der Waals surface area contributed by atoms with Crippen LogP contribution in [0.5, 0.6) is 0 Å². The number of fused-ring (bicyclic) bond motifs is 1. The van der Waals surface area contributed by atoms with E-state index in [1.54, 1.807) is 12.1 Å². The number of carbonyl (C=O) groups excluding carboxylic acids is 1. The molecule has 3 atom stereocenters. The molecule has 2 fully saturated rings. The lowest BCUT2D eigenvalue weighted by Gasteiger charge is -2.17. The van der Waals surface area contributed by atoms with Gasteiger partial charge in [-0.15, -0.1) is 0 Å². The largest absolute Gasteiger partial charge is 0.451 e. The summed E-state index contributed by atoms with van der Waals surface area (Å²) in [4.78, 5) is 14.6. The number of amides is 1. The molecule has 0 bridgehead atoms. The molecule has 2 heterocycles. The SMILES string of the molecule is NC1CCC2CN(C(=O)c3ccc(-c4ccccc4Cl)o3)CC12. The normalized spacial score (nSPS) is 26.5. The summed E-state index contributed by atoms with van der Waals surface area (Å²) in [7, 11) is 0. The molecule has 120 valence electrons. The average molecular weight is 331 g/mol. The molecule has 1 aromatic heterocycles. The number of nitrogens with zero attached hydrogens (tertiary/aromatic N) is 1. The molecular weight excluding hydrogens is 312 g/mol. The maximum absolute atomic E-state index is 12.7. The average Bonchev–Trinajstić information content (AvgIpc) is 3.25. The number of hydrogen-bond acceptors (Lipinski definition) is 3. The molecule has 0 spiro atoms. The lowest BCUT2D eigenvalue weighted by atomic mass is 9.98. The first-order valence-corrected chi connectivity index (χ1v) is 8.41. The van der Waals surface area contributed by atoms with Crippen LogP contribution in [0.1, 0.15) is 23.4 Å². The predicted octanol–water partition coefficient (Wildman–Crippen LogP) is 3.41. The molecule has 1 amide bonds. The maximum Gasteiger partial charge on any atom is 0.289 e. The molecule has 4 rings (SSSR count). The van der Waals surface area contributed by atoms with E-state index >= 15 is 0 Å². The number of halogens is 1. The van der Waals surface area contributed by atoms with Crippen LogP contribution in [0.3, 0.4) is 0 Å². The van der Waals surface area contributed by atoms with Crippen molar-refractivity contribution in [3.63, 3.8) is 0 Å². The van der Waals surface area contributed by atoms with Gasteiger partial charge in [0.2, 0.25) is 0 Å². The zero-order valence-corrected chi connectivity index (χ0v) is 13.5. The first-order valence-electron chi connectivity index (χ1n) is 8.03. The second kappa shape index (κ2) is 5.69. The molecule has 2 N–H and O–H groups in total. The van der Waals surface area contributed by atoms with E-state index in [1.165, 1.54) is 0 Å². The number of carbonyl (C=O) groups is 1. The summed E-state index contributed by atoms with van der Waals surface area (Å²) in [5.74, 6) is 1.93. The minimum atomic E-state index is -0.0510. The van der Waals surface area contributed by atoms with Gasteiger partial charge in [-0.2, -0.15) is 0 Å². The Hall–Kier alpha value is -1.78. The van der Waals surface area contributed by atoms with Crippen LogP contribution in [-0.4, -0.2) is 29.9 Å². The fraction of sp³-hybridized carbons (Fsp3) is 0.389. The molecular formula is C18H19ClN2O2. The van der Waals surface area contributed by atoms with Crippen molar-refractivity contribution >= 4 is 17.5 Å². The van der Waals surface area contributed by atoms with Gasteiger partial charge in [-0.25, -0.2) is 0 Å². The lowest BCUT2D eigenvalue weighted by Crippen LogP contribution is -2.33. The third-order valence-electron chi connectivity index (χ3n) is 5.16. The van der Waals surface area contributed by atoms with Crippen molar-refractivity contribution in [2.24, 2.45) is 17.6 Å². The van der Waals surface area contributed by atoms with Crippen molar-refractivity contribution in [1.29, 1.82) is 0 Å². The number of rotatable bonds is 2. The van der Waals surface area contributed by atoms with Crippen LogP contribution in [0.15, 0.2) is 40.8 Å². The van der Waals surface area contributed by atoms with Crippen molar-refractivity contribution < 1.29 is 9.21 Å². The molecule has 1 aliphatic heterocycles. The summed E-state index contributed by atoms with van der Waals surface area (Å²) in [6, 6.07) is 11.2. The molecule has 1 aliphatic carbocycles. The van der Waals surface area contributed by atoms with Crippen molar-refractivity contribution in [3.8, 4) is 11.3 Å². The van der Waals surface area contributed by atoms with Crippen LogP contribution < -0.4 is 5.73 Å². The Morgan fingerprint density at radius 2 is 2.00 bits per heavy atom. The van der Waals surface area contributed by atoms with Crippen LogP contribution >= 0.6 is 11.6 Å². The number of hydrogen-bond donors (Lipinski definition) is 1. The Kier molecular flexibility index (Phi) is 3.66. The van der Waals surface area contributed by atoms with Crippen molar-refractivity contribution in [3.05, 3.63) is 47.2 Å². The Labute approximate surface area is 140 Å². The topological polar surface area (TPSA) is 59.5 Å². The second-order valence-corrected chi connectivity index (χ2v) is 6.93. The number of likely N-dealkylation sites (tertiary alicyclic amines) is 1. The second-order valence-electron chi connectivity index (χ2n) is 6.52. The van der Waals surface area contributed by atoms with Gasteiger partial charge in [-0.05, 0) is 48.9 Å². The highest BCUT2D eigenvalue weighted by molar-refractivity contribution is 6.33. The standard InChI is InChI=1S/C18H19ClN2O2/c19-14-4-2-1-3-12(14)16-7-8-17(23-16)18(22)21-9-11-5-6-15(20)13(11)10-21/h1-4,7-8,11,13,15H,5-6,9-10,20H2. The Morgan fingerprint density at radius 3 is 2.78 bits per heavy atom. The number of benzene rings is 1. The zero-order valence-electron chi connectivity index (χ0n) is 12.7. The van der Waals surface area contributed by atoms with Crippen LogP contribution in [0.4, 0.5) is 0 Å². The van der Waals surface area contributed by atoms with Crippen LogP contribution in [0.25, 0.3) is 11.3 Å².